The normalized spacial score (nSPS) is 14.5. The van der Waals surface area contributed by atoms with E-state index in [1.165, 1.54) is 12.5 Å². The van der Waals surface area contributed by atoms with Gasteiger partial charge in [0, 0.05) is 24.6 Å². The van der Waals surface area contributed by atoms with Crippen LogP contribution in [0.5, 0.6) is 5.75 Å². The monoisotopic (exact) mass is 502 g/mol. The number of nitrogens with one attached hydrogen (secondary N) is 1. The summed E-state index contributed by atoms with van der Waals surface area (Å²) in [5.74, 6) is -0.104. The summed E-state index contributed by atoms with van der Waals surface area (Å²) in [7, 11) is 1.59. The summed E-state index contributed by atoms with van der Waals surface area (Å²) in [5.41, 5.74) is 2.13. The molecule has 3 aromatic rings. The molecule has 3 aromatic carbocycles. The number of rotatable bonds is 10. The van der Waals surface area contributed by atoms with Crippen molar-refractivity contribution >= 4 is 11.8 Å². The largest absolute Gasteiger partial charge is 0.497 e. The van der Waals surface area contributed by atoms with Gasteiger partial charge in [-0.3, -0.25) is 9.59 Å². The summed E-state index contributed by atoms with van der Waals surface area (Å²) >= 11 is 0. The van der Waals surface area contributed by atoms with Gasteiger partial charge in [-0.25, -0.2) is 4.39 Å². The summed E-state index contributed by atoms with van der Waals surface area (Å²) in [6, 6.07) is 22.7. The Morgan fingerprint density at radius 3 is 2.27 bits per heavy atom. The third-order valence-electron chi connectivity index (χ3n) is 7.04. The first kappa shape index (κ1) is 26.4. The van der Waals surface area contributed by atoms with Gasteiger partial charge in [0.1, 0.15) is 17.6 Å². The van der Waals surface area contributed by atoms with E-state index in [2.05, 4.69) is 5.32 Å². The van der Waals surface area contributed by atoms with Crippen LogP contribution in [0, 0.1) is 5.82 Å². The van der Waals surface area contributed by atoms with Gasteiger partial charge >= 0.3 is 0 Å². The molecule has 1 aliphatic rings. The van der Waals surface area contributed by atoms with Crippen LogP contribution in [0.25, 0.3) is 0 Å². The molecule has 1 aliphatic carbocycles. The smallest absolute Gasteiger partial charge is 0.243 e. The van der Waals surface area contributed by atoms with Crippen molar-refractivity contribution in [3.8, 4) is 5.75 Å². The Balaban J connectivity index is 1.65. The number of nitrogens with zero attached hydrogens (tertiary/aromatic N) is 1. The highest BCUT2D eigenvalue weighted by Gasteiger charge is 2.32. The highest BCUT2D eigenvalue weighted by molar-refractivity contribution is 5.89. The van der Waals surface area contributed by atoms with Crippen molar-refractivity contribution < 1.29 is 18.7 Å². The van der Waals surface area contributed by atoms with Crippen molar-refractivity contribution in [2.24, 2.45) is 0 Å². The number of amides is 2. The maximum Gasteiger partial charge on any atom is 0.243 e. The fourth-order valence-electron chi connectivity index (χ4n) is 4.93. The van der Waals surface area contributed by atoms with Crippen LogP contribution < -0.4 is 10.1 Å². The van der Waals surface area contributed by atoms with Crippen LogP contribution in [0.4, 0.5) is 4.39 Å². The average Bonchev–Trinajstić information content (AvgIpc) is 2.93. The summed E-state index contributed by atoms with van der Waals surface area (Å²) in [6.07, 6.45) is 5.68. The fourth-order valence-corrected chi connectivity index (χ4v) is 4.93. The van der Waals surface area contributed by atoms with E-state index in [1.54, 1.807) is 42.3 Å². The molecule has 4 rings (SSSR count). The van der Waals surface area contributed by atoms with Gasteiger partial charge in [0.05, 0.1) is 13.5 Å². The number of hydrogen-bond acceptors (Lipinski definition) is 3. The first-order valence-corrected chi connectivity index (χ1v) is 13.0. The second kappa shape index (κ2) is 13.0. The molecule has 0 spiro atoms. The maximum absolute atomic E-state index is 14.7. The SMILES string of the molecule is COc1ccc(CC(=O)N(Cc2ccccc2F)C(Cc2ccccc2)C(=O)NC2CCCCC2)cc1. The highest BCUT2D eigenvalue weighted by atomic mass is 19.1. The molecule has 2 amide bonds. The van der Waals surface area contributed by atoms with Crippen LogP contribution in [0.3, 0.4) is 0 Å². The lowest BCUT2D eigenvalue weighted by Gasteiger charge is -2.33. The Morgan fingerprint density at radius 1 is 0.919 bits per heavy atom. The molecule has 1 unspecified atom stereocenters. The van der Waals surface area contributed by atoms with Crippen molar-refractivity contribution in [3.63, 3.8) is 0 Å². The zero-order valence-electron chi connectivity index (χ0n) is 21.4. The lowest BCUT2D eigenvalue weighted by molar-refractivity contribution is -0.141. The van der Waals surface area contributed by atoms with E-state index in [4.69, 9.17) is 4.74 Å². The molecule has 6 heteroatoms. The van der Waals surface area contributed by atoms with Gasteiger partial charge in [-0.15, -0.1) is 0 Å². The molecule has 1 saturated carbocycles. The van der Waals surface area contributed by atoms with Crippen molar-refractivity contribution in [1.29, 1.82) is 0 Å². The Labute approximate surface area is 218 Å². The van der Waals surface area contributed by atoms with Crippen LogP contribution in [0.2, 0.25) is 0 Å². The first-order valence-electron chi connectivity index (χ1n) is 13.0. The molecule has 1 fully saturated rings. The van der Waals surface area contributed by atoms with Gasteiger partial charge < -0.3 is 15.0 Å². The topological polar surface area (TPSA) is 58.6 Å². The molecule has 5 nitrogen and oxygen atoms in total. The van der Waals surface area contributed by atoms with E-state index in [-0.39, 0.29) is 30.8 Å². The minimum Gasteiger partial charge on any atom is -0.497 e. The molecule has 0 aliphatic heterocycles. The van der Waals surface area contributed by atoms with Crippen molar-refractivity contribution in [2.75, 3.05) is 7.11 Å². The highest BCUT2D eigenvalue weighted by Crippen LogP contribution is 2.21. The van der Waals surface area contributed by atoms with Gasteiger partial charge in [-0.1, -0.05) is 79.9 Å². The predicted molar refractivity (Wildman–Crippen MR) is 143 cm³/mol. The fraction of sp³-hybridized carbons (Fsp3) is 0.355. The minimum atomic E-state index is -0.769. The molecule has 0 saturated heterocycles. The number of hydrogen-bond donors (Lipinski definition) is 1. The maximum atomic E-state index is 14.7. The van der Waals surface area contributed by atoms with Crippen LogP contribution in [-0.2, 0) is 29.0 Å². The standard InChI is InChI=1S/C31H35FN2O3/c1-37-27-18-16-24(17-19-27)21-30(35)34(22-25-12-8-9-15-28(25)32)29(20-23-10-4-2-5-11-23)31(36)33-26-13-6-3-7-14-26/h2,4-5,8-12,15-19,26,29H,3,6-7,13-14,20-22H2,1H3,(H,33,36). The van der Waals surface area contributed by atoms with Gasteiger partial charge in [-0.05, 0) is 42.2 Å². The molecular weight excluding hydrogens is 467 g/mol. The molecule has 37 heavy (non-hydrogen) atoms. The molecule has 1 N–H and O–H groups in total. The molecular formula is C31H35FN2O3. The minimum absolute atomic E-state index is 0.0112. The second-order valence-electron chi connectivity index (χ2n) is 9.69. The van der Waals surface area contributed by atoms with E-state index < -0.39 is 11.9 Å². The zero-order valence-corrected chi connectivity index (χ0v) is 21.4. The van der Waals surface area contributed by atoms with Crippen LogP contribution in [0.1, 0.15) is 48.8 Å². The lowest BCUT2D eigenvalue weighted by atomic mass is 9.94. The zero-order chi connectivity index (χ0) is 26.0. The number of benzene rings is 3. The number of halogens is 1. The molecule has 194 valence electrons. The van der Waals surface area contributed by atoms with Gasteiger partial charge in [0.2, 0.25) is 11.8 Å². The number of ether oxygens (including phenoxy) is 1. The summed E-state index contributed by atoms with van der Waals surface area (Å²) in [6.45, 7) is 0.0112. The van der Waals surface area contributed by atoms with E-state index in [0.717, 1.165) is 36.8 Å². The summed E-state index contributed by atoms with van der Waals surface area (Å²) < 4.78 is 20.0. The number of carbonyl (C=O) groups excluding carboxylic acids is 2. The Kier molecular flexibility index (Phi) is 9.30. The van der Waals surface area contributed by atoms with Crippen LogP contribution in [0.15, 0.2) is 78.9 Å². The van der Waals surface area contributed by atoms with Crippen molar-refractivity contribution in [1.82, 2.24) is 10.2 Å². The average molecular weight is 503 g/mol. The van der Waals surface area contributed by atoms with Gasteiger partial charge in [0.15, 0.2) is 0 Å². The Hall–Kier alpha value is -3.67. The Morgan fingerprint density at radius 2 is 1.59 bits per heavy atom. The van der Waals surface area contributed by atoms with Gasteiger partial charge in [0.25, 0.3) is 0 Å². The van der Waals surface area contributed by atoms with E-state index in [9.17, 15) is 14.0 Å². The van der Waals surface area contributed by atoms with Crippen molar-refractivity contribution in [3.05, 3.63) is 101 Å². The van der Waals surface area contributed by atoms with Gasteiger partial charge in [-0.2, -0.15) is 0 Å². The molecule has 0 heterocycles. The molecule has 0 radical (unpaired) electrons. The van der Waals surface area contributed by atoms with Crippen LogP contribution in [-0.4, -0.2) is 35.9 Å². The predicted octanol–water partition coefficient (Wildman–Crippen LogP) is 5.47. The number of carbonyl (C=O) groups is 2. The van der Waals surface area contributed by atoms with E-state index in [0.29, 0.717) is 17.7 Å². The second-order valence-corrected chi connectivity index (χ2v) is 9.69. The molecule has 0 aromatic heterocycles. The molecule has 1 atom stereocenters. The third kappa shape index (κ3) is 7.42. The Bertz CT molecular complexity index is 1160. The lowest BCUT2D eigenvalue weighted by Crippen LogP contribution is -2.53. The van der Waals surface area contributed by atoms with Crippen LogP contribution >= 0.6 is 0 Å². The summed E-state index contributed by atoms with van der Waals surface area (Å²) in [5, 5.41) is 3.21. The van der Waals surface area contributed by atoms with E-state index in [1.807, 2.05) is 42.5 Å². The third-order valence-corrected chi connectivity index (χ3v) is 7.04. The first-order chi connectivity index (χ1) is 18.0. The van der Waals surface area contributed by atoms with Crippen molar-refractivity contribution in [2.45, 2.75) is 63.6 Å². The summed E-state index contributed by atoms with van der Waals surface area (Å²) in [4.78, 5) is 29.1. The quantitative estimate of drug-likeness (QED) is 0.400. The van der Waals surface area contributed by atoms with E-state index >= 15 is 0 Å². The molecule has 0 bridgehead atoms. The number of methoxy groups -OCH3 is 1.